The summed E-state index contributed by atoms with van der Waals surface area (Å²) in [6, 6.07) is 10.8. The van der Waals surface area contributed by atoms with Crippen LogP contribution in [0.3, 0.4) is 0 Å². The van der Waals surface area contributed by atoms with Crippen LogP contribution < -0.4 is 0 Å². The number of hydrogen-bond donors (Lipinski definition) is 1. The van der Waals surface area contributed by atoms with Crippen molar-refractivity contribution in [1.82, 2.24) is 14.7 Å². The third-order valence-corrected chi connectivity index (χ3v) is 6.67. The number of halogens is 1. The molecule has 0 radical (unpaired) electrons. The van der Waals surface area contributed by atoms with E-state index in [4.69, 9.17) is 16.0 Å². The molecular formula is C22H24ClN3O4. The van der Waals surface area contributed by atoms with Gasteiger partial charge in [-0.1, -0.05) is 23.7 Å². The van der Waals surface area contributed by atoms with E-state index in [1.165, 1.54) is 4.90 Å². The zero-order chi connectivity index (χ0) is 21.0. The molecule has 3 fully saturated rings. The summed E-state index contributed by atoms with van der Waals surface area (Å²) in [6.07, 6.45) is -0.238. The van der Waals surface area contributed by atoms with Crippen molar-refractivity contribution in [3.05, 3.63) is 58.5 Å². The van der Waals surface area contributed by atoms with Crippen LogP contribution in [-0.4, -0.2) is 68.9 Å². The number of aliphatic hydroxyl groups is 1. The third kappa shape index (κ3) is 3.17. The van der Waals surface area contributed by atoms with Crippen LogP contribution in [0.4, 0.5) is 0 Å². The fraction of sp³-hybridized carbons (Fsp3) is 0.455. The van der Waals surface area contributed by atoms with E-state index in [9.17, 15) is 14.7 Å². The van der Waals surface area contributed by atoms with Crippen LogP contribution >= 0.6 is 11.6 Å². The van der Waals surface area contributed by atoms with Gasteiger partial charge in [0.1, 0.15) is 17.1 Å². The van der Waals surface area contributed by atoms with Gasteiger partial charge in [0.25, 0.3) is 5.91 Å². The first-order chi connectivity index (χ1) is 14.4. The van der Waals surface area contributed by atoms with Crippen molar-refractivity contribution >= 4 is 23.4 Å². The lowest BCUT2D eigenvalue weighted by molar-refractivity contribution is -0.181. The zero-order valence-corrected chi connectivity index (χ0v) is 17.5. The Morgan fingerprint density at radius 3 is 2.53 bits per heavy atom. The highest BCUT2D eigenvalue weighted by molar-refractivity contribution is 6.30. The molecule has 1 N–H and O–H groups in total. The second-order valence-electron chi connectivity index (χ2n) is 8.60. The summed E-state index contributed by atoms with van der Waals surface area (Å²) in [5, 5.41) is 10.9. The van der Waals surface area contributed by atoms with Crippen LogP contribution in [0.1, 0.15) is 23.5 Å². The first-order valence-corrected chi connectivity index (χ1v) is 10.6. The maximum atomic E-state index is 13.5. The molecule has 0 unspecified atom stereocenters. The second-order valence-corrected chi connectivity index (χ2v) is 9.04. The standard InChI is InChI=1S/C22H24ClN3O4/c1-14-2-7-18(30-14)11-25-20(28)19-8-17(27)10-26(19)22(21(25)29)12-24(13-22)9-15-3-5-16(23)6-4-15/h2-7,17,19,27H,8-13H2,1H3/t17-,19+/m1/s1. The number of imide groups is 1. The van der Waals surface area contributed by atoms with Gasteiger partial charge in [0.15, 0.2) is 0 Å². The van der Waals surface area contributed by atoms with Gasteiger partial charge in [0.2, 0.25) is 5.91 Å². The molecule has 1 spiro atoms. The summed E-state index contributed by atoms with van der Waals surface area (Å²) in [6.45, 7) is 4.08. The Bertz CT molecular complexity index is 983. The number of hydrogen-bond acceptors (Lipinski definition) is 6. The SMILES string of the molecule is Cc1ccc(CN2C(=O)[C@@H]3C[C@@H](O)CN3C3(CN(Cc4ccc(Cl)cc4)C3)C2=O)o1. The predicted molar refractivity (Wildman–Crippen MR) is 110 cm³/mol. The Labute approximate surface area is 179 Å². The molecule has 30 heavy (non-hydrogen) atoms. The zero-order valence-electron chi connectivity index (χ0n) is 16.8. The Kier molecular flexibility index (Phi) is 4.74. The molecule has 3 aliphatic heterocycles. The van der Waals surface area contributed by atoms with Crippen LogP contribution in [0.15, 0.2) is 40.8 Å². The highest BCUT2D eigenvalue weighted by atomic mass is 35.5. The number of piperazine rings is 1. The van der Waals surface area contributed by atoms with Crippen molar-refractivity contribution in [3.8, 4) is 0 Å². The lowest BCUT2D eigenvalue weighted by atomic mass is 9.82. The molecule has 5 rings (SSSR count). The maximum Gasteiger partial charge on any atom is 0.252 e. The molecule has 0 bridgehead atoms. The molecule has 4 heterocycles. The van der Waals surface area contributed by atoms with Crippen molar-refractivity contribution < 1.29 is 19.1 Å². The number of β-amino-alcohol motifs (C(OH)–C–C–N with tert-alkyl or cyclic N) is 1. The molecule has 0 aliphatic carbocycles. The Morgan fingerprint density at radius 1 is 1.13 bits per heavy atom. The Balaban J connectivity index is 1.38. The fourth-order valence-electron chi connectivity index (χ4n) is 5.02. The van der Waals surface area contributed by atoms with Crippen molar-refractivity contribution in [2.24, 2.45) is 0 Å². The number of rotatable bonds is 4. The van der Waals surface area contributed by atoms with E-state index in [0.717, 1.165) is 11.3 Å². The minimum atomic E-state index is -0.774. The van der Waals surface area contributed by atoms with E-state index in [1.807, 2.05) is 42.2 Å². The van der Waals surface area contributed by atoms with E-state index in [0.29, 0.717) is 43.4 Å². The van der Waals surface area contributed by atoms with E-state index < -0.39 is 17.7 Å². The average Bonchev–Trinajstić information content (AvgIpc) is 3.28. The van der Waals surface area contributed by atoms with Crippen LogP contribution in [0.2, 0.25) is 5.02 Å². The number of amides is 2. The molecule has 0 saturated carbocycles. The van der Waals surface area contributed by atoms with Gasteiger partial charge >= 0.3 is 0 Å². The normalized spacial score (nSPS) is 26.3. The predicted octanol–water partition coefficient (Wildman–Crippen LogP) is 1.80. The van der Waals surface area contributed by atoms with Crippen molar-refractivity contribution in [2.45, 2.75) is 44.1 Å². The summed E-state index contributed by atoms with van der Waals surface area (Å²) in [7, 11) is 0. The summed E-state index contributed by atoms with van der Waals surface area (Å²) in [5.41, 5.74) is 0.346. The lowest BCUT2D eigenvalue weighted by Gasteiger charge is -2.58. The summed E-state index contributed by atoms with van der Waals surface area (Å²) >= 11 is 5.97. The number of furan rings is 1. The van der Waals surface area contributed by atoms with E-state index in [1.54, 1.807) is 6.07 Å². The van der Waals surface area contributed by atoms with Crippen molar-refractivity contribution in [2.75, 3.05) is 19.6 Å². The van der Waals surface area contributed by atoms with Crippen LogP contribution in [0.25, 0.3) is 0 Å². The van der Waals surface area contributed by atoms with Crippen LogP contribution in [0, 0.1) is 6.92 Å². The first-order valence-electron chi connectivity index (χ1n) is 10.2. The molecule has 2 aromatic rings. The Hall–Kier alpha value is -2.19. The summed E-state index contributed by atoms with van der Waals surface area (Å²) < 4.78 is 5.61. The molecule has 8 heteroatoms. The van der Waals surface area contributed by atoms with Gasteiger partial charge in [-0.3, -0.25) is 24.3 Å². The number of benzene rings is 1. The highest BCUT2D eigenvalue weighted by Crippen LogP contribution is 2.41. The molecule has 3 saturated heterocycles. The molecule has 3 aliphatic rings. The molecule has 2 atom stereocenters. The number of aryl methyl sites for hydroxylation is 1. The number of fused-ring (bicyclic) bond motifs is 2. The van der Waals surface area contributed by atoms with Crippen LogP contribution in [-0.2, 0) is 22.7 Å². The Morgan fingerprint density at radius 2 is 1.87 bits per heavy atom. The van der Waals surface area contributed by atoms with Gasteiger partial charge in [0.05, 0.1) is 18.7 Å². The lowest BCUT2D eigenvalue weighted by Crippen LogP contribution is -2.81. The van der Waals surface area contributed by atoms with Gasteiger partial charge in [0, 0.05) is 31.2 Å². The van der Waals surface area contributed by atoms with Gasteiger partial charge in [-0.15, -0.1) is 0 Å². The number of carbonyl (C=O) groups is 2. The molecule has 1 aromatic heterocycles. The molecule has 158 valence electrons. The van der Waals surface area contributed by atoms with E-state index >= 15 is 0 Å². The summed E-state index contributed by atoms with van der Waals surface area (Å²) in [4.78, 5) is 32.1. The van der Waals surface area contributed by atoms with Crippen molar-refractivity contribution in [3.63, 3.8) is 0 Å². The third-order valence-electron chi connectivity index (χ3n) is 6.42. The number of carbonyl (C=O) groups excluding carboxylic acids is 2. The average molecular weight is 430 g/mol. The van der Waals surface area contributed by atoms with E-state index in [-0.39, 0.29) is 18.4 Å². The maximum absolute atomic E-state index is 13.5. The van der Waals surface area contributed by atoms with Gasteiger partial charge in [-0.05, 0) is 43.2 Å². The first kappa shape index (κ1) is 19.8. The molecule has 2 amide bonds. The van der Waals surface area contributed by atoms with Crippen LogP contribution in [0.5, 0.6) is 0 Å². The number of likely N-dealkylation sites (tertiary alicyclic amines) is 1. The quantitative estimate of drug-likeness (QED) is 0.747. The topological polar surface area (TPSA) is 77.2 Å². The highest BCUT2D eigenvalue weighted by Gasteiger charge is 2.64. The second kappa shape index (κ2) is 7.20. The molecular weight excluding hydrogens is 406 g/mol. The summed E-state index contributed by atoms with van der Waals surface area (Å²) in [5.74, 6) is 0.896. The van der Waals surface area contributed by atoms with Gasteiger partial charge < -0.3 is 9.52 Å². The number of aliphatic hydroxyl groups excluding tert-OH is 1. The molecule has 7 nitrogen and oxygen atoms in total. The van der Waals surface area contributed by atoms with Gasteiger partial charge in [-0.2, -0.15) is 0 Å². The largest absolute Gasteiger partial charge is 0.464 e. The minimum Gasteiger partial charge on any atom is -0.464 e. The van der Waals surface area contributed by atoms with Crippen molar-refractivity contribution in [1.29, 1.82) is 0 Å². The monoisotopic (exact) mass is 429 g/mol. The minimum absolute atomic E-state index is 0.130. The van der Waals surface area contributed by atoms with E-state index in [2.05, 4.69) is 4.90 Å². The van der Waals surface area contributed by atoms with Gasteiger partial charge in [-0.25, -0.2) is 0 Å². The number of nitrogens with zero attached hydrogens (tertiary/aromatic N) is 3. The molecule has 1 aromatic carbocycles. The smallest absolute Gasteiger partial charge is 0.252 e. The fourth-order valence-corrected chi connectivity index (χ4v) is 5.15.